The zero-order valence-corrected chi connectivity index (χ0v) is 10.5. The molecular weight excluding hydrogens is 252 g/mol. The van der Waals surface area contributed by atoms with Gasteiger partial charge in [-0.05, 0) is 25.3 Å². The normalized spacial score (nSPS) is 23.3. The van der Waals surface area contributed by atoms with Gasteiger partial charge in [0.25, 0.3) is 0 Å². The van der Waals surface area contributed by atoms with Crippen LogP contribution in [-0.2, 0) is 11.3 Å². The lowest BCUT2D eigenvalue weighted by Gasteiger charge is -2.27. The van der Waals surface area contributed by atoms with Crippen LogP contribution in [0.3, 0.4) is 0 Å². The Labute approximate surface area is 110 Å². The molecule has 1 aliphatic carbocycles. The van der Waals surface area contributed by atoms with E-state index in [1.807, 2.05) is 0 Å². The molecule has 0 heterocycles. The maximum Gasteiger partial charge on any atom is 0.306 e. The Hall–Kier alpha value is -1.49. The van der Waals surface area contributed by atoms with Crippen molar-refractivity contribution >= 4 is 5.97 Å². The molecule has 0 aromatic heterocycles. The van der Waals surface area contributed by atoms with Gasteiger partial charge in [-0.15, -0.1) is 0 Å². The fourth-order valence-corrected chi connectivity index (χ4v) is 2.52. The molecule has 1 aliphatic rings. The minimum absolute atomic E-state index is 0.0827. The molecule has 1 saturated carbocycles. The summed E-state index contributed by atoms with van der Waals surface area (Å²) >= 11 is 0. The van der Waals surface area contributed by atoms with Crippen LogP contribution in [0, 0.1) is 17.6 Å². The summed E-state index contributed by atoms with van der Waals surface area (Å²) in [5.74, 6) is -2.24. The first-order valence-electron chi connectivity index (χ1n) is 6.46. The second kappa shape index (κ2) is 6.10. The maximum absolute atomic E-state index is 13.4. The largest absolute Gasteiger partial charge is 0.481 e. The van der Waals surface area contributed by atoms with Gasteiger partial charge in [-0.1, -0.05) is 12.5 Å². The second-order valence-electron chi connectivity index (χ2n) is 5.02. The highest BCUT2D eigenvalue weighted by molar-refractivity contribution is 5.70. The van der Waals surface area contributed by atoms with E-state index < -0.39 is 17.6 Å². The van der Waals surface area contributed by atoms with Crippen LogP contribution in [0.5, 0.6) is 0 Å². The van der Waals surface area contributed by atoms with Crippen molar-refractivity contribution in [2.45, 2.75) is 38.3 Å². The third-order valence-electron chi connectivity index (χ3n) is 3.62. The lowest BCUT2D eigenvalue weighted by molar-refractivity contribution is -0.143. The number of hydrogen-bond acceptors (Lipinski definition) is 2. The first-order valence-corrected chi connectivity index (χ1v) is 6.46. The molecule has 19 heavy (non-hydrogen) atoms. The minimum atomic E-state index is -0.764. The lowest BCUT2D eigenvalue weighted by Crippen LogP contribution is -2.36. The quantitative estimate of drug-likeness (QED) is 0.883. The third-order valence-corrected chi connectivity index (χ3v) is 3.62. The van der Waals surface area contributed by atoms with Gasteiger partial charge in [0.15, 0.2) is 0 Å². The molecule has 2 unspecified atom stereocenters. The Morgan fingerprint density at radius 2 is 2.16 bits per heavy atom. The van der Waals surface area contributed by atoms with Crippen LogP contribution in [0.25, 0.3) is 0 Å². The summed E-state index contributed by atoms with van der Waals surface area (Å²) in [4.78, 5) is 10.9. The molecule has 0 radical (unpaired) electrons. The molecule has 5 heteroatoms. The smallest absolute Gasteiger partial charge is 0.306 e. The molecule has 1 fully saturated rings. The number of aliphatic carboxylic acids is 1. The number of hydrogen-bond donors (Lipinski definition) is 2. The SMILES string of the molecule is O=C(O)C1CCCC(NCc2ccc(F)cc2F)C1. The van der Waals surface area contributed by atoms with E-state index in [1.54, 1.807) is 0 Å². The summed E-state index contributed by atoms with van der Waals surface area (Å²) in [6, 6.07) is 3.58. The highest BCUT2D eigenvalue weighted by Gasteiger charge is 2.26. The zero-order chi connectivity index (χ0) is 13.8. The van der Waals surface area contributed by atoms with Crippen molar-refractivity contribution in [1.29, 1.82) is 0 Å². The van der Waals surface area contributed by atoms with Crippen molar-refractivity contribution in [1.82, 2.24) is 5.32 Å². The average Bonchev–Trinajstić information content (AvgIpc) is 2.38. The Kier molecular flexibility index (Phi) is 4.47. The Bertz CT molecular complexity index is 465. The molecule has 0 amide bonds. The van der Waals surface area contributed by atoms with E-state index in [0.29, 0.717) is 24.9 Å². The molecule has 0 spiro atoms. The molecule has 104 valence electrons. The molecule has 1 aromatic carbocycles. The summed E-state index contributed by atoms with van der Waals surface area (Å²) in [6.07, 6.45) is 3.03. The molecular formula is C14H17F2NO2. The molecule has 2 N–H and O–H groups in total. The van der Waals surface area contributed by atoms with Crippen molar-refractivity contribution in [3.8, 4) is 0 Å². The fourth-order valence-electron chi connectivity index (χ4n) is 2.52. The van der Waals surface area contributed by atoms with Gasteiger partial charge in [0.2, 0.25) is 0 Å². The van der Waals surface area contributed by atoms with Crippen LogP contribution in [-0.4, -0.2) is 17.1 Å². The first kappa shape index (κ1) is 13.9. The van der Waals surface area contributed by atoms with Gasteiger partial charge in [0, 0.05) is 24.2 Å². The standard InChI is InChI=1S/C14H17F2NO2/c15-11-5-4-10(13(16)7-11)8-17-12-3-1-2-9(6-12)14(18)19/h4-5,7,9,12,17H,1-3,6,8H2,(H,18,19). The zero-order valence-electron chi connectivity index (χ0n) is 10.5. The summed E-state index contributed by atoms with van der Waals surface area (Å²) in [6.45, 7) is 0.295. The number of carbonyl (C=O) groups is 1. The van der Waals surface area contributed by atoms with E-state index in [2.05, 4.69) is 5.32 Å². The number of halogens is 2. The van der Waals surface area contributed by atoms with E-state index in [1.165, 1.54) is 12.1 Å². The number of rotatable bonds is 4. The highest BCUT2D eigenvalue weighted by Crippen LogP contribution is 2.24. The molecule has 0 bridgehead atoms. The Morgan fingerprint density at radius 3 is 2.84 bits per heavy atom. The van der Waals surface area contributed by atoms with Crippen LogP contribution < -0.4 is 5.32 Å². The summed E-state index contributed by atoms with van der Waals surface area (Å²) in [5.41, 5.74) is 0.402. The van der Waals surface area contributed by atoms with Crippen LogP contribution >= 0.6 is 0 Å². The third kappa shape index (κ3) is 3.73. The van der Waals surface area contributed by atoms with Crippen LogP contribution in [0.2, 0.25) is 0 Å². The fraction of sp³-hybridized carbons (Fsp3) is 0.500. The van der Waals surface area contributed by atoms with E-state index >= 15 is 0 Å². The van der Waals surface area contributed by atoms with Crippen LogP contribution in [0.1, 0.15) is 31.2 Å². The molecule has 0 aliphatic heterocycles. The van der Waals surface area contributed by atoms with Crippen molar-refractivity contribution in [3.05, 3.63) is 35.4 Å². The van der Waals surface area contributed by atoms with Gasteiger partial charge in [-0.2, -0.15) is 0 Å². The monoisotopic (exact) mass is 269 g/mol. The van der Waals surface area contributed by atoms with Crippen molar-refractivity contribution in [2.75, 3.05) is 0 Å². The van der Waals surface area contributed by atoms with Crippen LogP contribution in [0.15, 0.2) is 18.2 Å². The Morgan fingerprint density at radius 1 is 1.37 bits per heavy atom. The average molecular weight is 269 g/mol. The van der Waals surface area contributed by atoms with Crippen LogP contribution in [0.4, 0.5) is 8.78 Å². The molecule has 2 rings (SSSR count). The van der Waals surface area contributed by atoms with Gasteiger partial charge in [0.1, 0.15) is 11.6 Å². The van der Waals surface area contributed by atoms with Gasteiger partial charge in [-0.25, -0.2) is 8.78 Å². The molecule has 0 saturated heterocycles. The maximum atomic E-state index is 13.4. The molecule has 1 aromatic rings. The van der Waals surface area contributed by atoms with E-state index in [-0.39, 0.29) is 12.0 Å². The minimum Gasteiger partial charge on any atom is -0.481 e. The highest BCUT2D eigenvalue weighted by atomic mass is 19.1. The number of benzene rings is 1. The van der Waals surface area contributed by atoms with Gasteiger partial charge < -0.3 is 10.4 Å². The van der Waals surface area contributed by atoms with E-state index in [0.717, 1.165) is 18.9 Å². The summed E-state index contributed by atoms with van der Waals surface area (Å²) in [7, 11) is 0. The predicted octanol–water partition coefficient (Wildman–Crippen LogP) is 2.70. The van der Waals surface area contributed by atoms with Crippen molar-refractivity contribution in [3.63, 3.8) is 0 Å². The van der Waals surface area contributed by atoms with E-state index in [9.17, 15) is 13.6 Å². The molecule has 3 nitrogen and oxygen atoms in total. The lowest BCUT2D eigenvalue weighted by atomic mass is 9.86. The predicted molar refractivity (Wildman–Crippen MR) is 66.6 cm³/mol. The molecule has 2 atom stereocenters. The van der Waals surface area contributed by atoms with E-state index in [4.69, 9.17) is 5.11 Å². The van der Waals surface area contributed by atoms with Crippen molar-refractivity contribution < 1.29 is 18.7 Å². The van der Waals surface area contributed by atoms with Gasteiger partial charge in [0.05, 0.1) is 5.92 Å². The van der Waals surface area contributed by atoms with Gasteiger partial charge >= 0.3 is 5.97 Å². The summed E-state index contributed by atoms with van der Waals surface area (Å²) in [5, 5.41) is 12.1. The van der Waals surface area contributed by atoms with Crippen molar-refractivity contribution in [2.24, 2.45) is 5.92 Å². The topological polar surface area (TPSA) is 49.3 Å². The van der Waals surface area contributed by atoms with Gasteiger partial charge in [-0.3, -0.25) is 4.79 Å². The number of nitrogens with one attached hydrogen (secondary N) is 1. The number of carboxylic acid groups (broad SMARTS) is 1. The first-order chi connectivity index (χ1) is 9.06. The number of carboxylic acids is 1. The Balaban J connectivity index is 1.89. The summed E-state index contributed by atoms with van der Waals surface area (Å²) < 4.78 is 26.2. The second-order valence-corrected chi connectivity index (χ2v) is 5.02.